The van der Waals surface area contributed by atoms with Gasteiger partial charge >= 0.3 is 5.97 Å². The third-order valence-electron chi connectivity index (χ3n) is 6.11. The number of para-hydroxylation sites is 2. The normalized spacial score (nSPS) is 13.8. The van der Waals surface area contributed by atoms with Crippen molar-refractivity contribution in [2.75, 3.05) is 31.4 Å². The number of nitrogens with one attached hydrogen (secondary N) is 2. The lowest BCUT2D eigenvalue weighted by Gasteiger charge is -2.33. The highest BCUT2D eigenvalue weighted by molar-refractivity contribution is 5.87. The van der Waals surface area contributed by atoms with Gasteiger partial charge in [-0.2, -0.15) is 0 Å². The summed E-state index contributed by atoms with van der Waals surface area (Å²) in [6.07, 6.45) is 2.26. The maximum Gasteiger partial charge on any atom is 0.313 e. The molecule has 0 unspecified atom stereocenters. The molecule has 0 aromatic heterocycles. The largest absolute Gasteiger partial charge is 0.496 e. The molecule has 0 radical (unpaired) electrons. The Bertz CT molecular complexity index is 1290. The van der Waals surface area contributed by atoms with Gasteiger partial charge in [0.25, 0.3) is 0 Å². The van der Waals surface area contributed by atoms with Crippen LogP contribution in [0.25, 0.3) is 16.7 Å². The number of rotatable bonds is 8. The molecule has 0 saturated heterocycles. The van der Waals surface area contributed by atoms with Gasteiger partial charge in [-0.25, -0.2) is 0 Å². The average Bonchev–Trinajstić information content (AvgIpc) is 2.86. The molecule has 0 bridgehead atoms. The maximum atomic E-state index is 12.0. The number of carbonyl (C=O) groups is 1. The van der Waals surface area contributed by atoms with E-state index in [2.05, 4.69) is 48.8 Å². The predicted octanol–water partition coefficient (Wildman–Crippen LogP) is 6.63. The molecular formula is C30H34N2O4. The van der Waals surface area contributed by atoms with E-state index in [1.165, 1.54) is 5.57 Å². The molecule has 3 aromatic carbocycles. The second-order valence-corrected chi connectivity index (χ2v) is 9.77. The zero-order valence-corrected chi connectivity index (χ0v) is 21.8. The third-order valence-corrected chi connectivity index (χ3v) is 6.11. The SMILES string of the molecule is COc1ccccc1NCC1=CC(C)(C)Nc2ccc(-c3ccc(OC(=O)C(C)C)cc3OC)cc21. The number of fused-ring (bicyclic) bond motifs is 1. The number of benzene rings is 3. The van der Waals surface area contributed by atoms with E-state index in [9.17, 15) is 4.79 Å². The van der Waals surface area contributed by atoms with Crippen molar-refractivity contribution in [3.63, 3.8) is 0 Å². The van der Waals surface area contributed by atoms with E-state index in [0.29, 0.717) is 18.0 Å². The maximum absolute atomic E-state index is 12.0. The predicted molar refractivity (Wildman–Crippen MR) is 146 cm³/mol. The van der Waals surface area contributed by atoms with Gasteiger partial charge in [-0.05, 0) is 61.4 Å². The third kappa shape index (κ3) is 5.48. The van der Waals surface area contributed by atoms with Gasteiger partial charge in [-0.15, -0.1) is 0 Å². The molecular weight excluding hydrogens is 452 g/mol. The van der Waals surface area contributed by atoms with Gasteiger partial charge in [0, 0.05) is 29.4 Å². The lowest BCUT2D eigenvalue weighted by atomic mass is 9.88. The van der Waals surface area contributed by atoms with Crippen LogP contribution in [0.15, 0.2) is 66.7 Å². The Labute approximate surface area is 213 Å². The fourth-order valence-electron chi connectivity index (χ4n) is 4.32. The summed E-state index contributed by atoms with van der Waals surface area (Å²) in [6.45, 7) is 8.58. The van der Waals surface area contributed by atoms with E-state index in [1.54, 1.807) is 26.4 Å². The summed E-state index contributed by atoms with van der Waals surface area (Å²) in [5.41, 5.74) is 6.07. The first-order valence-corrected chi connectivity index (χ1v) is 12.1. The molecule has 0 atom stereocenters. The molecule has 2 N–H and O–H groups in total. The van der Waals surface area contributed by atoms with Crippen molar-refractivity contribution in [1.29, 1.82) is 0 Å². The molecule has 0 saturated carbocycles. The Morgan fingerprint density at radius 1 is 0.944 bits per heavy atom. The van der Waals surface area contributed by atoms with Crippen LogP contribution in [0, 0.1) is 5.92 Å². The Balaban J connectivity index is 1.67. The van der Waals surface area contributed by atoms with Crippen LogP contribution in [-0.2, 0) is 4.79 Å². The monoisotopic (exact) mass is 486 g/mol. The highest BCUT2D eigenvalue weighted by Crippen LogP contribution is 2.40. The van der Waals surface area contributed by atoms with E-state index in [4.69, 9.17) is 14.2 Å². The summed E-state index contributed by atoms with van der Waals surface area (Å²) >= 11 is 0. The summed E-state index contributed by atoms with van der Waals surface area (Å²) in [4.78, 5) is 12.0. The molecule has 0 spiro atoms. The molecule has 6 nitrogen and oxygen atoms in total. The minimum absolute atomic E-state index is 0.189. The molecule has 1 aliphatic heterocycles. The lowest BCUT2D eigenvalue weighted by Crippen LogP contribution is -2.32. The van der Waals surface area contributed by atoms with Crippen molar-refractivity contribution in [3.05, 3.63) is 72.3 Å². The number of methoxy groups -OCH3 is 2. The number of hydrogen-bond donors (Lipinski definition) is 2. The van der Waals surface area contributed by atoms with Crippen molar-refractivity contribution in [2.45, 2.75) is 33.2 Å². The van der Waals surface area contributed by atoms with Crippen LogP contribution in [0.5, 0.6) is 17.2 Å². The van der Waals surface area contributed by atoms with Crippen molar-refractivity contribution in [3.8, 4) is 28.4 Å². The Hall–Kier alpha value is -3.93. The highest BCUT2D eigenvalue weighted by Gasteiger charge is 2.25. The van der Waals surface area contributed by atoms with Crippen LogP contribution in [0.4, 0.5) is 11.4 Å². The molecule has 1 heterocycles. The summed E-state index contributed by atoms with van der Waals surface area (Å²) in [7, 11) is 3.30. The van der Waals surface area contributed by atoms with Gasteiger partial charge in [-0.3, -0.25) is 4.79 Å². The molecule has 188 valence electrons. The second-order valence-electron chi connectivity index (χ2n) is 9.77. The molecule has 3 aromatic rings. The first kappa shape index (κ1) is 25.2. The Kier molecular flexibility index (Phi) is 7.25. The van der Waals surface area contributed by atoms with Crippen LogP contribution < -0.4 is 24.8 Å². The van der Waals surface area contributed by atoms with E-state index < -0.39 is 0 Å². The first-order chi connectivity index (χ1) is 17.2. The minimum atomic E-state index is -0.274. The average molecular weight is 487 g/mol. The Morgan fingerprint density at radius 3 is 2.42 bits per heavy atom. The number of anilines is 2. The smallest absolute Gasteiger partial charge is 0.313 e. The van der Waals surface area contributed by atoms with Crippen LogP contribution in [-0.4, -0.2) is 32.3 Å². The Morgan fingerprint density at radius 2 is 1.69 bits per heavy atom. The van der Waals surface area contributed by atoms with Crippen LogP contribution in [0.2, 0.25) is 0 Å². The van der Waals surface area contributed by atoms with Crippen molar-refractivity contribution in [1.82, 2.24) is 0 Å². The topological polar surface area (TPSA) is 68.8 Å². The van der Waals surface area contributed by atoms with E-state index in [-0.39, 0.29) is 17.4 Å². The van der Waals surface area contributed by atoms with Gasteiger partial charge in [0.1, 0.15) is 17.2 Å². The number of esters is 1. The quantitative estimate of drug-likeness (QED) is 0.275. The van der Waals surface area contributed by atoms with Crippen LogP contribution in [0.1, 0.15) is 33.3 Å². The van der Waals surface area contributed by atoms with Crippen molar-refractivity contribution < 1.29 is 19.0 Å². The van der Waals surface area contributed by atoms with Gasteiger partial charge in [0.2, 0.25) is 0 Å². The van der Waals surface area contributed by atoms with Crippen molar-refractivity contribution >= 4 is 22.9 Å². The van der Waals surface area contributed by atoms with Gasteiger partial charge < -0.3 is 24.8 Å². The molecule has 6 heteroatoms. The molecule has 0 amide bonds. The first-order valence-electron chi connectivity index (χ1n) is 12.1. The molecule has 36 heavy (non-hydrogen) atoms. The van der Waals surface area contributed by atoms with E-state index in [1.807, 2.05) is 44.2 Å². The van der Waals surface area contributed by atoms with Crippen molar-refractivity contribution in [2.24, 2.45) is 5.92 Å². The van der Waals surface area contributed by atoms with Gasteiger partial charge in [0.15, 0.2) is 0 Å². The van der Waals surface area contributed by atoms with Gasteiger partial charge in [0.05, 0.1) is 31.4 Å². The zero-order valence-electron chi connectivity index (χ0n) is 21.8. The van der Waals surface area contributed by atoms with E-state index in [0.717, 1.165) is 33.8 Å². The van der Waals surface area contributed by atoms with Crippen LogP contribution >= 0.6 is 0 Å². The number of ether oxygens (including phenoxy) is 3. The fraction of sp³-hybridized carbons (Fsp3) is 0.300. The second kappa shape index (κ2) is 10.4. The summed E-state index contributed by atoms with van der Waals surface area (Å²) in [5.74, 6) is 1.44. The highest BCUT2D eigenvalue weighted by atomic mass is 16.5. The molecule has 1 aliphatic rings. The minimum Gasteiger partial charge on any atom is -0.496 e. The van der Waals surface area contributed by atoms with Gasteiger partial charge in [-0.1, -0.05) is 38.1 Å². The fourth-order valence-corrected chi connectivity index (χ4v) is 4.32. The summed E-state index contributed by atoms with van der Waals surface area (Å²) in [5, 5.41) is 7.15. The number of carbonyl (C=O) groups excluding carboxylic acids is 1. The number of hydrogen-bond acceptors (Lipinski definition) is 6. The molecule has 0 aliphatic carbocycles. The molecule has 0 fully saturated rings. The van der Waals surface area contributed by atoms with E-state index >= 15 is 0 Å². The summed E-state index contributed by atoms with van der Waals surface area (Å²) in [6, 6.07) is 19.8. The lowest BCUT2D eigenvalue weighted by molar-refractivity contribution is -0.137. The molecule has 4 rings (SSSR count). The van der Waals surface area contributed by atoms with Crippen LogP contribution in [0.3, 0.4) is 0 Å². The summed E-state index contributed by atoms with van der Waals surface area (Å²) < 4.78 is 16.7. The standard InChI is InChI=1S/C30H34N2O4/c1-19(2)29(33)36-22-12-13-23(28(16-22)35-6)20-11-14-25-24(15-20)21(17-30(3,4)32-25)18-31-26-9-7-8-10-27(26)34-5/h7-17,19,31-32H,18H2,1-6H3. The zero-order chi connectivity index (χ0) is 25.9.